The Morgan fingerprint density at radius 2 is 1.88 bits per heavy atom. The van der Waals surface area contributed by atoms with Gasteiger partial charge in [0.1, 0.15) is 12.4 Å². The molecule has 4 rings (SSSR count). The lowest BCUT2D eigenvalue weighted by Crippen LogP contribution is -2.51. The second-order valence-corrected chi connectivity index (χ2v) is 9.06. The summed E-state index contributed by atoms with van der Waals surface area (Å²) in [5.74, 6) is 0.675. The molecule has 2 aromatic carbocycles. The third kappa shape index (κ3) is 5.70. The van der Waals surface area contributed by atoms with Crippen LogP contribution in [0, 0.1) is 5.82 Å². The maximum atomic E-state index is 14.8. The predicted octanol–water partition coefficient (Wildman–Crippen LogP) is 4.52. The van der Waals surface area contributed by atoms with Crippen molar-refractivity contribution < 1.29 is 23.4 Å². The molecule has 0 N–H and O–H groups in total. The lowest BCUT2D eigenvalue weighted by Gasteiger charge is -2.41. The fraction of sp³-hybridized carbons (Fsp3) is 0.519. The molecule has 0 saturated carbocycles. The second kappa shape index (κ2) is 11.7. The normalized spacial score (nSPS) is 22.4. The van der Waals surface area contributed by atoms with Gasteiger partial charge in [-0.2, -0.15) is 0 Å². The van der Waals surface area contributed by atoms with Crippen LogP contribution in [0.4, 0.5) is 4.39 Å². The maximum Gasteiger partial charge on any atom is 0.254 e. The van der Waals surface area contributed by atoms with Crippen molar-refractivity contribution >= 4 is 5.91 Å². The molecule has 0 aliphatic carbocycles. The fourth-order valence-electron chi connectivity index (χ4n) is 5.10. The van der Waals surface area contributed by atoms with E-state index in [0.717, 1.165) is 45.2 Å². The Labute approximate surface area is 201 Å². The zero-order valence-electron chi connectivity index (χ0n) is 20.2. The molecule has 2 heterocycles. The number of amides is 1. The molecule has 2 aliphatic rings. The van der Waals surface area contributed by atoms with E-state index in [-0.39, 0.29) is 29.6 Å². The number of halogens is 1. The average Bonchev–Trinajstić information content (AvgIpc) is 2.86. The standard InChI is InChI=1S/C27H35FN2O4/c1-32-24-13-7-15-30-23(24)11-3-4-14-29(19-21-9-6-12-25(33-2)26(21)28)16-17-34-22-10-5-8-20(18-22)27(30)31/h5-6,8-10,12,18,23-24H,3-4,7,11,13-17,19H2,1-2H3/t23-,24-/m0/s1. The second-order valence-electron chi connectivity index (χ2n) is 9.06. The lowest BCUT2D eigenvalue weighted by atomic mass is 9.93. The zero-order chi connectivity index (χ0) is 23.9. The molecule has 0 unspecified atom stereocenters. The average molecular weight is 471 g/mol. The Morgan fingerprint density at radius 3 is 2.71 bits per heavy atom. The third-order valence-corrected chi connectivity index (χ3v) is 6.92. The highest BCUT2D eigenvalue weighted by molar-refractivity contribution is 5.95. The monoisotopic (exact) mass is 470 g/mol. The molecule has 1 saturated heterocycles. The van der Waals surface area contributed by atoms with Crippen LogP contribution in [-0.2, 0) is 11.3 Å². The number of hydrogen-bond acceptors (Lipinski definition) is 5. The van der Waals surface area contributed by atoms with Gasteiger partial charge in [0.15, 0.2) is 11.6 Å². The molecule has 2 bridgehead atoms. The largest absolute Gasteiger partial charge is 0.494 e. The smallest absolute Gasteiger partial charge is 0.254 e. The topological polar surface area (TPSA) is 51.2 Å². The van der Waals surface area contributed by atoms with Gasteiger partial charge < -0.3 is 19.1 Å². The van der Waals surface area contributed by atoms with Crippen molar-refractivity contribution in [2.45, 2.75) is 50.8 Å². The minimum absolute atomic E-state index is 0.0457. The summed E-state index contributed by atoms with van der Waals surface area (Å²) in [6.45, 7) is 3.17. The van der Waals surface area contributed by atoms with Gasteiger partial charge in [0.05, 0.1) is 19.3 Å². The number of carbonyl (C=O) groups is 1. The van der Waals surface area contributed by atoms with Crippen molar-refractivity contribution in [2.75, 3.05) is 40.5 Å². The number of nitrogens with zero attached hydrogens (tertiary/aromatic N) is 2. The molecule has 2 aliphatic heterocycles. The number of fused-ring (bicyclic) bond motifs is 3. The Bertz CT molecular complexity index is 969. The van der Waals surface area contributed by atoms with Crippen LogP contribution in [0.1, 0.15) is 48.0 Å². The van der Waals surface area contributed by atoms with Crippen molar-refractivity contribution in [1.29, 1.82) is 0 Å². The first kappa shape index (κ1) is 24.5. The Morgan fingerprint density at radius 1 is 1.03 bits per heavy atom. The zero-order valence-corrected chi connectivity index (χ0v) is 20.2. The molecular formula is C27H35FN2O4. The highest BCUT2D eigenvalue weighted by atomic mass is 19.1. The third-order valence-electron chi connectivity index (χ3n) is 6.92. The minimum Gasteiger partial charge on any atom is -0.494 e. The predicted molar refractivity (Wildman–Crippen MR) is 129 cm³/mol. The van der Waals surface area contributed by atoms with E-state index < -0.39 is 0 Å². The number of rotatable bonds is 4. The summed E-state index contributed by atoms with van der Waals surface area (Å²) < 4.78 is 31.7. The van der Waals surface area contributed by atoms with Gasteiger partial charge in [0.25, 0.3) is 5.91 Å². The van der Waals surface area contributed by atoms with Crippen LogP contribution < -0.4 is 9.47 Å². The summed E-state index contributed by atoms with van der Waals surface area (Å²) in [5, 5.41) is 0. The van der Waals surface area contributed by atoms with Gasteiger partial charge in [0, 0.05) is 37.9 Å². The molecule has 0 spiro atoms. The van der Waals surface area contributed by atoms with Crippen molar-refractivity contribution in [3.8, 4) is 11.5 Å². The van der Waals surface area contributed by atoms with Crippen LogP contribution in [0.25, 0.3) is 0 Å². The van der Waals surface area contributed by atoms with E-state index in [4.69, 9.17) is 14.2 Å². The number of benzene rings is 2. The molecule has 184 valence electrons. The van der Waals surface area contributed by atoms with Crippen LogP contribution in [0.5, 0.6) is 11.5 Å². The van der Waals surface area contributed by atoms with E-state index in [1.54, 1.807) is 13.2 Å². The first-order valence-corrected chi connectivity index (χ1v) is 12.2. The van der Waals surface area contributed by atoms with Crippen molar-refractivity contribution in [1.82, 2.24) is 9.80 Å². The van der Waals surface area contributed by atoms with E-state index >= 15 is 0 Å². The Hall–Kier alpha value is -2.64. The number of ether oxygens (including phenoxy) is 3. The summed E-state index contributed by atoms with van der Waals surface area (Å²) in [7, 11) is 3.22. The molecule has 0 aromatic heterocycles. The van der Waals surface area contributed by atoms with Crippen LogP contribution in [-0.4, -0.2) is 68.3 Å². The summed E-state index contributed by atoms with van der Waals surface area (Å²) >= 11 is 0. The van der Waals surface area contributed by atoms with Crippen LogP contribution in [0.2, 0.25) is 0 Å². The van der Waals surface area contributed by atoms with Crippen LogP contribution >= 0.6 is 0 Å². The molecule has 7 heteroatoms. The van der Waals surface area contributed by atoms with Crippen LogP contribution in [0.3, 0.4) is 0 Å². The van der Waals surface area contributed by atoms with Crippen molar-refractivity contribution in [3.05, 3.63) is 59.4 Å². The van der Waals surface area contributed by atoms with Gasteiger partial charge in [-0.3, -0.25) is 9.69 Å². The molecule has 0 radical (unpaired) electrons. The van der Waals surface area contributed by atoms with E-state index in [2.05, 4.69) is 4.90 Å². The Kier molecular flexibility index (Phi) is 8.40. The van der Waals surface area contributed by atoms with Crippen molar-refractivity contribution in [3.63, 3.8) is 0 Å². The molecule has 1 fully saturated rings. The van der Waals surface area contributed by atoms with Gasteiger partial charge >= 0.3 is 0 Å². The molecule has 2 atom stereocenters. The van der Waals surface area contributed by atoms with E-state index in [9.17, 15) is 9.18 Å². The number of methoxy groups -OCH3 is 2. The minimum atomic E-state index is -0.308. The van der Waals surface area contributed by atoms with E-state index in [1.165, 1.54) is 7.11 Å². The summed E-state index contributed by atoms with van der Waals surface area (Å²) in [6, 6.07) is 12.8. The molecule has 6 nitrogen and oxygen atoms in total. The quantitative estimate of drug-likeness (QED) is 0.658. The number of carbonyl (C=O) groups excluding carboxylic acids is 1. The molecule has 1 amide bonds. The van der Waals surface area contributed by atoms with Gasteiger partial charge in [-0.15, -0.1) is 0 Å². The summed E-state index contributed by atoms with van der Waals surface area (Å²) in [5.41, 5.74) is 1.26. The Balaban J connectivity index is 1.54. The molecular weight excluding hydrogens is 435 g/mol. The summed E-state index contributed by atoms with van der Waals surface area (Å²) in [6.07, 6.45) is 4.76. The van der Waals surface area contributed by atoms with Gasteiger partial charge in [-0.1, -0.05) is 24.6 Å². The first-order valence-electron chi connectivity index (χ1n) is 12.2. The maximum absolute atomic E-state index is 14.8. The molecule has 34 heavy (non-hydrogen) atoms. The first-order chi connectivity index (χ1) is 16.6. The van der Waals surface area contributed by atoms with E-state index in [1.807, 2.05) is 41.3 Å². The summed E-state index contributed by atoms with van der Waals surface area (Å²) in [4.78, 5) is 17.6. The fourth-order valence-corrected chi connectivity index (χ4v) is 5.10. The number of hydrogen-bond donors (Lipinski definition) is 0. The van der Waals surface area contributed by atoms with Gasteiger partial charge in [-0.25, -0.2) is 4.39 Å². The van der Waals surface area contributed by atoms with Crippen LogP contribution in [0.15, 0.2) is 42.5 Å². The highest BCUT2D eigenvalue weighted by Crippen LogP contribution is 2.28. The van der Waals surface area contributed by atoms with Crippen molar-refractivity contribution in [2.24, 2.45) is 0 Å². The van der Waals surface area contributed by atoms with Gasteiger partial charge in [0.2, 0.25) is 0 Å². The van der Waals surface area contributed by atoms with E-state index in [0.29, 0.717) is 36.6 Å². The SMILES string of the molecule is COc1cccc(CN2CCCC[C@H]3[C@@H](OC)CCCN3C(=O)c3cccc(c3)OCC2)c1F. The highest BCUT2D eigenvalue weighted by Gasteiger charge is 2.34. The molecule has 2 aromatic rings. The lowest BCUT2D eigenvalue weighted by molar-refractivity contribution is -0.0156. The number of piperidine rings is 1. The van der Waals surface area contributed by atoms with Gasteiger partial charge in [-0.05, 0) is 56.5 Å².